The zero-order chi connectivity index (χ0) is 25.2. The summed E-state index contributed by atoms with van der Waals surface area (Å²) in [7, 11) is 1.53. The van der Waals surface area contributed by atoms with Gasteiger partial charge in [-0.15, -0.1) is 0 Å². The lowest BCUT2D eigenvalue weighted by molar-refractivity contribution is -0.135. The lowest BCUT2D eigenvalue weighted by Crippen LogP contribution is -2.44. The largest absolute Gasteiger partial charge is 0.364 e. The third-order valence-electron chi connectivity index (χ3n) is 7.30. The van der Waals surface area contributed by atoms with Crippen molar-refractivity contribution in [1.29, 1.82) is 0 Å². The number of carbonyl (C=O) groups excluding carboxylic acids is 4. The first kappa shape index (κ1) is 23.7. The Morgan fingerprint density at radius 3 is 2.19 bits per heavy atom. The van der Waals surface area contributed by atoms with Crippen molar-refractivity contribution in [3.63, 3.8) is 0 Å². The van der Waals surface area contributed by atoms with Crippen LogP contribution in [0, 0.1) is 11.8 Å². The molecule has 2 amide bonds. The molecule has 2 unspecified atom stereocenters. The van der Waals surface area contributed by atoms with Crippen molar-refractivity contribution in [2.45, 2.75) is 38.1 Å². The summed E-state index contributed by atoms with van der Waals surface area (Å²) in [5.74, 6) is -3.01. The number of ketones is 2. The van der Waals surface area contributed by atoms with E-state index in [0.717, 1.165) is 37.7 Å². The molecule has 2 heterocycles. The zero-order valence-corrected chi connectivity index (χ0v) is 20.0. The van der Waals surface area contributed by atoms with Gasteiger partial charge in [-0.3, -0.25) is 19.2 Å². The first-order chi connectivity index (χ1) is 17.5. The first-order valence-corrected chi connectivity index (χ1v) is 12.2. The van der Waals surface area contributed by atoms with Crippen molar-refractivity contribution in [1.82, 2.24) is 10.5 Å². The number of carbonyl (C=O) groups is 4. The maximum atomic E-state index is 13.7. The molecule has 0 spiro atoms. The lowest BCUT2D eigenvalue weighted by atomic mass is 9.76. The van der Waals surface area contributed by atoms with E-state index in [1.165, 1.54) is 18.2 Å². The number of aromatic nitrogens is 1. The molecule has 184 valence electrons. The quantitative estimate of drug-likeness (QED) is 0.320. The van der Waals surface area contributed by atoms with Crippen molar-refractivity contribution in [2.24, 2.45) is 11.8 Å². The average Bonchev–Trinajstić information content (AvgIpc) is 3.56. The highest BCUT2D eigenvalue weighted by Gasteiger charge is 2.54. The summed E-state index contributed by atoms with van der Waals surface area (Å²) in [4.78, 5) is 53.8. The standard InChI is InChI=1S/C28H27N3O5/c1-29-27(34)20-9-7-19(8-10-20)25(32)23-24(18-5-3-2-4-6-18)31(28(35)26(23)33)21-13-11-17(12-14-21)22-15-16-36-30-22/h7-16,18,23-24H,2-6H2,1H3,(H,29,34). The molecule has 5 rings (SSSR count). The number of rotatable bonds is 6. The number of hydrogen-bond acceptors (Lipinski definition) is 6. The van der Waals surface area contributed by atoms with Crippen LogP contribution in [0.2, 0.25) is 0 Å². The minimum Gasteiger partial charge on any atom is -0.364 e. The molecule has 1 aliphatic carbocycles. The Morgan fingerprint density at radius 2 is 1.58 bits per heavy atom. The SMILES string of the molecule is CNC(=O)c1ccc(C(=O)C2C(=O)C(=O)N(c3ccc(-c4ccon4)cc3)C2C2CCCCC2)cc1. The van der Waals surface area contributed by atoms with Gasteiger partial charge in [-0.2, -0.15) is 0 Å². The van der Waals surface area contributed by atoms with E-state index < -0.39 is 23.7 Å². The van der Waals surface area contributed by atoms with E-state index in [4.69, 9.17) is 4.52 Å². The Kier molecular flexibility index (Phi) is 6.50. The predicted octanol–water partition coefficient (Wildman–Crippen LogP) is 4.06. The third kappa shape index (κ3) is 4.23. The fourth-order valence-electron chi connectivity index (χ4n) is 5.48. The third-order valence-corrected chi connectivity index (χ3v) is 7.30. The van der Waals surface area contributed by atoms with E-state index in [0.29, 0.717) is 22.5 Å². The molecule has 8 heteroatoms. The van der Waals surface area contributed by atoms with E-state index in [2.05, 4.69) is 10.5 Å². The Bertz CT molecular complexity index is 1280. The number of nitrogens with zero attached hydrogens (tertiary/aromatic N) is 2. The van der Waals surface area contributed by atoms with Crippen molar-refractivity contribution >= 4 is 29.1 Å². The number of benzene rings is 2. The maximum Gasteiger partial charge on any atom is 0.295 e. The van der Waals surface area contributed by atoms with Crippen LogP contribution >= 0.6 is 0 Å². The van der Waals surface area contributed by atoms with Gasteiger partial charge in [-0.05, 0) is 43.0 Å². The molecule has 0 radical (unpaired) electrons. The van der Waals surface area contributed by atoms with Gasteiger partial charge in [-0.25, -0.2) is 0 Å². The van der Waals surface area contributed by atoms with Crippen LogP contribution in [0.15, 0.2) is 65.4 Å². The minimum atomic E-state index is -1.08. The second-order valence-electron chi connectivity index (χ2n) is 9.36. The molecule has 36 heavy (non-hydrogen) atoms. The molecule has 2 aromatic carbocycles. The van der Waals surface area contributed by atoms with E-state index in [1.54, 1.807) is 42.5 Å². The highest BCUT2D eigenvalue weighted by Crippen LogP contribution is 2.41. The van der Waals surface area contributed by atoms with E-state index in [9.17, 15) is 19.2 Å². The number of hydrogen-bond donors (Lipinski definition) is 1. The Labute approximate surface area is 208 Å². The summed E-state index contributed by atoms with van der Waals surface area (Å²) >= 11 is 0. The highest BCUT2D eigenvalue weighted by molar-refractivity contribution is 6.49. The molecule has 1 saturated carbocycles. The summed E-state index contributed by atoms with van der Waals surface area (Å²) in [6.07, 6.45) is 6.32. The molecular formula is C28H27N3O5. The first-order valence-electron chi connectivity index (χ1n) is 12.2. The van der Waals surface area contributed by atoms with E-state index in [-0.39, 0.29) is 17.6 Å². The monoisotopic (exact) mass is 485 g/mol. The molecule has 1 saturated heterocycles. The fourth-order valence-corrected chi connectivity index (χ4v) is 5.48. The van der Waals surface area contributed by atoms with Gasteiger partial charge in [0.1, 0.15) is 17.9 Å². The zero-order valence-electron chi connectivity index (χ0n) is 20.0. The van der Waals surface area contributed by atoms with Crippen molar-refractivity contribution in [2.75, 3.05) is 11.9 Å². The van der Waals surface area contributed by atoms with E-state index >= 15 is 0 Å². The molecule has 3 aromatic rings. The topological polar surface area (TPSA) is 110 Å². The van der Waals surface area contributed by atoms with Crippen LogP contribution in [0.1, 0.15) is 52.8 Å². The van der Waals surface area contributed by atoms with Crippen LogP contribution in [0.25, 0.3) is 11.3 Å². The van der Waals surface area contributed by atoms with Crippen molar-refractivity contribution in [3.05, 3.63) is 72.0 Å². The lowest BCUT2D eigenvalue weighted by Gasteiger charge is -2.35. The fraction of sp³-hybridized carbons (Fsp3) is 0.321. The average molecular weight is 486 g/mol. The second kappa shape index (κ2) is 9.89. The van der Waals surface area contributed by atoms with Gasteiger partial charge in [0.25, 0.3) is 11.8 Å². The van der Waals surface area contributed by atoms with Gasteiger partial charge >= 0.3 is 0 Å². The van der Waals surface area contributed by atoms with Gasteiger partial charge in [0.2, 0.25) is 5.78 Å². The van der Waals surface area contributed by atoms with Crippen LogP contribution in [0.3, 0.4) is 0 Å². The molecule has 2 fully saturated rings. The molecule has 1 aromatic heterocycles. The molecule has 2 atom stereocenters. The summed E-state index contributed by atoms with van der Waals surface area (Å²) in [5, 5.41) is 6.49. The maximum absolute atomic E-state index is 13.7. The number of amides is 2. The molecule has 0 bridgehead atoms. The van der Waals surface area contributed by atoms with Gasteiger partial charge in [-0.1, -0.05) is 48.7 Å². The van der Waals surface area contributed by atoms with Crippen LogP contribution in [-0.2, 0) is 9.59 Å². The summed E-state index contributed by atoms with van der Waals surface area (Å²) in [5.41, 5.74) is 2.81. The molecule has 1 aliphatic heterocycles. The van der Waals surface area contributed by atoms with Gasteiger partial charge < -0.3 is 14.7 Å². The summed E-state index contributed by atoms with van der Waals surface area (Å²) in [6.45, 7) is 0. The predicted molar refractivity (Wildman–Crippen MR) is 132 cm³/mol. The number of Topliss-reactive ketones (excluding diaryl/α,β-unsaturated/α-hetero) is 2. The minimum absolute atomic E-state index is 0.0449. The van der Waals surface area contributed by atoms with Crippen LogP contribution in [0.5, 0.6) is 0 Å². The number of nitrogens with one attached hydrogen (secondary N) is 1. The molecule has 1 N–H and O–H groups in total. The van der Waals surface area contributed by atoms with E-state index in [1.807, 2.05) is 12.1 Å². The van der Waals surface area contributed by atoms with Crippen LogP contribution < -0.4 is 10.2 Å². The molecule has 2 aliphatic rings. The van der Waals surface area contributed by atoms with Crippen molar-refractivity contribution < 1.29 is 23.7 Å². The normalized spacial score (nSPS) is 20.5. The van der Waals surface area contributed by atoms with Gasteiger partial charge in [0.05, 0.1) is 6.04 Å². The highest BCUT2D eigenvalue weighted by atomic mass is 16.5. The molecule has 8 nitrogen and oxygen atoms in total. The Hall–Kier alpha value is -4.07. The summed E-state index contributed by atoms with van der Waals surface area (Å²) < 4.78 is 4.92. The second-order valence-corrected chi connectivity index (χ2v) is 9.36. The van der Waals surface area contributed by atoms with Crippen LogP contribution in [0.4, 0.5) is 5.69 Å². The Balaban J connectivity index is 1.50. The summed E-state index contributed by atoms with van der Waals surface area (Å²) in [6, 6.07) is 14.7. The van der Waals surface area contributed by atoms with Crippen molar-refractivity contribution in [3.8, 4) is 11.3 Å². The van der Waals surface area contributed by atoms with Gasteiger partial charge in [0, 0.05) is 35.5 Å². The smallest absolute Gasteiger partial charge is 0.295 e. The van der Waals surface area contributed by atoms with Crippen LogP contribution in [-0.4, -0.2) is 41.6 Å². The Morgan fingerprint density at radius 1 is 0.917 bits per heavy atom. The van der Waals surface area contributed by atoms with Gasteiger partial charge in [0.15, 0.2) is 5.78 Å². The number of anilines is 1. The molecular weight excluding hydrogens is 458 g/mol.